The van der Waals surface area contributed by atoms with Gasteiger partial charge in [-0.3, -0.25) is 0 Å². The Balaban J connectivity index is 1.33. The molecule has 5 rings (SSSR count). The van der Waals surface area contributed by atoms with E-state index in [4.69, 9.17) is 40.6 Å². The lowest BCUT2D eigenvalue weighted by Crippen LogP contribution is -2.38. The van der Waals surface area contributed by atoms with E-state index in [-0.39, 0.29) is 30.2 Å². The van der Waals surface area contributed by atoms with Crippen molar-refractivity contribution in [2.45, 2.75) is 55.9 Å². The van der Waals surface area contributed by atoms with Crippen LogP contribution in [0.4, 0.5) is 0 Å². The Hall–Kier alpha value is -2.31. The van der Waals surface area contributed by atoms with Crippen LogP contribution in [-0.4, -0.2) is 67.0 Å². The summed E-state index contributed by atoms with van der Waals surface area (Å²) in [5.41, 5.74) is 0.741. The van der Waals surface area contributed by atoms with Crippen LogP contribution in [0.1, 0.15) is 40.0 Å². The maximum absolute atomic E-state index is 12.9. The van der Waals surface area contributed by atoms with Crippen LogP contribution >= 0.6 is 44.1 Å². The summed E-state index contributed by atoms with van der Waals surface area (Å²) in [4.78, 5) is 25.6. The van der Waals surface area contributed by atoms with E-state index < -0.39 is 30.3 Å². The molecule has 206 valence electrons. The molecule has 0 saturated carbocycles. The Bertz CT molecular complexity index is 1220. The molecule has 2 aromatic rings. The number of hydrogen-bond acceptors (Lipinski definition) is 9. The number of carbonyl (C=O) groups excluding carboxylic acids is 2. The van der Waals surface area contributed by atoms with Gasteiger partial charge in [0.2, 0.25) is 0 Å². The Labute approximate surface area is 248 Å². The summed E-state index contributed by atoms with van der Waals surface area (Å²) in [5, 5.41) is 0.0721. The summed E-state index contributed by atoms with van der Waals surface area (Å²) < 4.78 is 36.8. The highest BCUT2D eigenvalue weighted by molar-refractivity contribution is 9.10. The number of halogens is 2. The molecule has 0 spiro atoms. The van der Waals surface area contributed by atoms with E-state index in [0.29, 0.717) is 24.2 Å². The lowest BCUT2D eigenvalue weighted by Gasteiger charge is -2.31. The molecule has 3 heterocycles. The smallest absolute Gasteiger partial charge is 0.353 e. The van der Waals surface area contributed by atoms with Gasteiger partial charge in [0.25, 0.3) is 0 Å². The molecule has 8 nitrogen and oxygen atoms in total. The number of hydrogen-bond donors (Lipinski definition) is 0. The van der Waals surface area contributed by atoms with Gasteiger partial charge in [0.15, 0.2) is 12.2 Å². The van der Waals surface area contributed by atoms with Gasteiger partial charge in [-0.15, -0.1) is 0 Å². The molecule has 6 atom stereocenters. The maximum atomic E-state index is 12.9. The van der Waals surface area contributed by atoms with Crippen LogP contribution in [0.3, 0.4) is 0 Å². The minimum Gasteiger partial charge on any atom is -0.458 e. The molecule has 3 fully saturated rings. The van der Waals surface area contributed by atoms with E-state index in [1.165, 1.54) is 0 Å². The predicted molar refractivity (Wildman–Crippen MR) is 152 cm³/mol. The Morgan fingerprint density at radius 3 is 2.31 bits per heavy atom. The van der Waals surface area contributed by atoms with Gasteiger partial charge in [-0.05, 0) is 67.4 Å². The van der Waals surface area contributed by atoms with Gasteiger partial charge >= 0.3 is 17.2 Å². The molecule has 11 heteroatoms. The summed E-state index contributed by atoms with van der Waals surface area (Å²) in [5.74, 6) is -1.09. The van der Waals surface area contributed by atoms with Crippen LogP contribution in [0, 0.1) is 0 Å². The second-order valence-corrected chi connectivity index (χ2v) is 11.5. The molecular weight excluding hydrogens is 656 g/mol. The van der Waals surface area contributed by atoms with Crippen LogP contribution < -0.4 is 0 Å². The van der Waals surface area contributed by atoms with Crippen LogP contribution in [0.5, 0.6) is 0 Å². The standard InChI is InChI=1S/C28H26Br2O8S/c29-18-7-3-16(4-8-18)26(31)34-15-20(35-27(32)17-5-9-19(30)10-6-17)11-12-22-25-24(37-28(39)38-25)14-23-21(36-22)2-1-13-33-23/h3-12,20-25H,1-2,13-15H2/b12-11+/t20?,21-,22+,23+,24-,25+/m0/s1. The maximum Gasteiger partial charge on any atom is 0.353 e. The number of thiocarbonyl (C=S) groups is 1. The normalized spacial score (nSPS) is 26.9. The van der Waals surface area contributed by atoms with Gasteiger partial charge in [-0.2, -0.15) is 0 Å². The van der Waals surface area contributed by atoms with Crippen LogP contribution in [0.25, 0.3) is 0 Å². The summed E-state index contributed by atoms with van der Waals surface area (Å²) in [6.45, 7) is 0.477. The SMILES string of the molecule is O=C(OCC(/C=C/[C@H]1O[C@H]2CCCO[C@@H]2C[C@@H]2OC(=S)O[C@@H]21)OC(=O)c1ccc(Br)cc1)c1ccc(Br)cc1. The van der Waals surface area contributed by atoms with Crippen molar-refractivity contribution in [3.05, 3.63) is 80.8 Å². The fourth-order valence-corrected chi connectivity index (χ4v) is 5.46. The third kappa shape index (κ3) is 7.26. The lowest BCUT2D eigenvalue weighted by molar-refractivity contribution is -0.120. The zero-order valence-electron chi connectivity index (χ0n) is 20.7. The highest BCUT2D eigenvalue weighted by atomic mass is 79.9. The number of benzene rings is 2. The first-order valence-corrected chi connectivity index (χ1v) is 14.6. The molecular formula is C28H26Br2O8S. The van der Waals surface area contributed by atoms with Crippen LogP contribution in [0.15, 0.2) is 69.6 Å². The van der Waals surface area contributed by atoms with Gasteiger partial charge in [0, 0.05) is 34.2 Å². The van der Waals surface area contributed by atoms with E-state index in [1.54, 1.807) is 60.7 Å². The van der Waals surface area contributed by atoms with E-state index >= 15 is 0 Å². The molecule has 0 N–H and O–H groups in total. The first-order chi connectivity index (χ1) is 18.9. The molecule has 0 bridgehead atoms. The number of rotatable bonds is 7. The highest BCUT2D eigenvalue weighted by Gasteiger charge is 2.47. The molecule has 0 aromatic heterocycles. The average Bonchev–Trinajstić information content (AvgIpc) is 3.23. The molecule has 3 aliphatic heterocycles. The Kier molecular flexibility index (Phi) is 9.34. The predicted octanol–water partition coefficient (Wildman–Crippen LogP) is 5.56. The van der Waals surface area contributed by atoms with Gasteiger partial charge in [0.05, 0.1) is 23.3 Å². The van der Waals surface area contributed by atoms with Gasteiger partial charge in [-0.25, -0.2) is 9.59 Å². The third-order valence-electron chi connectivity index (χ3n) is 6.66. The van der Waals surface area contributed by atoms with Crippen molar-refractivity contribution in [2.24, 2.45) is 0 Å². The molecule has 3 aliphatic rings. The average molecular weight is 682 g/mol. The van der Waals surface area contributed by atoms with Crippen LogP contribution in [0.2, 0.25) is 0 Å². The van der Waals surface area contributed by atoms with Crippen LogP contribution in [-0.2, 0) is 28.4 Å². The van der Waals surface area contributed by atoms with E-state index in [2.05, 4.69) is 31.9 Å². The van der Waals surface area contributed by atoms with E-state index in [9.17, 15) is 9.59 Å². The number of ether oxygens (including phenoxy) is 6. The van der Waals surface area contributed by atoms with Crippen molar-refractivity contribution < 1.29 is 38.0 Å². The number of fused-ring (bicyclic) bond motifs is 2. The number of carbonyl (C=O) groups is 2. The number of esters is 2. The lowest BCUT2D eigenvalue weighted by atomic mass is 9.98. The minimum atomic E-state index is -0.890. The molecule has 39 heavy (non-hydrogen) atoms. The van der Waals surface area contributed by atoms with Crippen molar-refractivity contribution in [3.8, 4) is 0 Å². The zero-order chi connectivity index (χ0) is 27.4. The largest absolute Gasteiger partial charge is 0.458 e. The van der Waals surface area contributed by atoms with Gasteiger partial charge in [-0.1, -0.05) is 37.9 Å². The second kappa shape index (κ2) is 12.9. The molecule has 0 aliphatic carbocycles. The summed E-state index contributed by atoms with van der Waals surface area (Å²) >= 11 is 11.9. The fourth-order valence-electron chi connectivity index (χ4n) is 4.70. The second-order valence-electron chi connectivity index (χ2n) is 9.36. The molecule has 0 amide bonds. The summed E-state index contributed by atoms with van der Waals surface area (Å²) in [6.07, 6.45) is 3.30. The van der Waals surface area contributed by atoms with Crippen molar-refractivity contribution >= 4 is 61.3 Å². The van der Waals surface area contributed by atoms with Crippen molar-refractivity contribution in [2.75, 3.05) is 13.2 Å². The highest BCUT2D eigenvalue weighted by Crippen LogP contribution is 2.34. The zero-order valence-corrected chi connectivity index (χ0v) is 24.7. The van der Waals surface area contributed by atoms with E-state index in [0.717, 1.165) is 21.8 Å². The molecule has 1 unspecified atom stereocenters. The topological polar surface area (TPSA) is 89.5 Å². The Morgan fingerprint density at radius 1 is 0.949 bits per heavy atom. The summed E-state index contributed by atoms with van der Waals surface area (Å²) in [7, 11) is 0. The first-order valence-electron chi connectivity index (χ1n) is 12.6. The third-order valence-corrected chi connectivity index (χ3v) is 7.91. The Morgan fingerprint density at radius 2 is 1.62 bits per heavy atom. The molecule has 3 saturated heterocycles. The van der Waals surface area contributed by atoms with E-state index in [1.807, 2.05) is 0 Å². The monoisotopic (exact) mass is 680 g/mol. The molecule has 0 radical (unpaired) electrons. The van der Waals surface area contributed by atoms with Gasteiger partial charge in [0.1, 0.15) is 18.8 Å². The minimum absolute atomic E-state index is 0.0721. The quantitative estimate of drug-likeness (QED) is 0.212. The van der Waals surface area contributed by atoms with Crippen molar-refractivity contribution in [1.82, 2.24) is 0 Å². The van der Waals surface area contributed by atoms with Crippen molar-refractivity contribution in [3.63, 3.8) is 0 Å². The molecule has 2 aromatic carbocycles. The fraction of sp³-hybridized carbons (Fsp3) is 0.393. The first kappa shape index (κ1) is 28.2. The van der Waals surface area contributed by atoms with Crippen molar-refractivity contribution in [1.29, 1.82) is 0 Å². The summed E-state index contributed by atoms with van der Waals surface area (Å²) in [6, 6.07) is 13.6. The van der Waals surface area contributed by atoms with Gasteiger partial charge < -0.3 is 28.4 Å².